The molecule has 71 heavy (non-hydrogen) atoms. The summed E-state index contributed by atoms with van der Waals surface area (Å²) in [5.74, 6) is 0.987. The maximum absolute atomic E-state index is 13.0. The van der Waals surface area contributed by atoms with Gasteiger partial charge in [0, 0.05) is 52.0 Å². The zero-order valence-corrected chi connectivity index (χ0v) is 50.1. The number of nitrogen functional groups attached to an aromatic ring is 2. The van der Waals surface area contributed by atoms with Crippen molar-refractivity contribution in [1.29, 1.82) is 0 Å². The van der Waals surface area contributed by atoms with Crippen molar-refractivity contribution in [3.8, 4) is 23.0 Å². The SMILES string of the molecule is COc1cc(N)c(Cl)cc1C(=O)NC1CC[N+](CI)(CCCOc2ccc(F)cc2)CC1OC.COc1cc(N)c(Cl)cc1C(=O)NC1CC[N+](CI)(CCCOc2ccc(F)cc2)CC1OC.O.[I-].[I-]. The molecule has 0 aliphatic carbocycles. The third-order valence-corrected chi connectivity index (χ3v) is 16.0. The first-order chi connectivity index (χ1) is 32.6. The predicted octanol–water partition coefficient (Wildman–Crippen LogP) is 1.71. The number of amides is 2. The second kappa shape index (κ2) is 31.6. The summed E-state index contributed by atoms with van der Waals surface area (Å²) in [4.78, 5) is 26.0. The van der Waals surface area contributed by atoms with Crippen LogP contribution in [0.4, 0.5) is 20.2 Å². The molecular formula is C48H64Cl2F2I4N6O9. The smallest absolute Gasteiger partial charge is 0.255 e. The number of nitrogens with zero attached hydrogens (tertiary/aromatic N) is 2. The number of carbonyl (C=O) groups is 2. The van der Waals surface area contributed by atoms with Crippen LogP contribution in [0.25, 0.3) is 0 Å². The molecule has 0 saturated carbocycles. The zero-order valence-electron chi connectivity index (χ0n) is 40.0. The number of benzene rings is 4. The molecule has 15 nitrogen and oxygen atoms in total. The highest BCUT2D eigenvalue weighted by atomic mass is 127. The van der Waals surface area contributed by atoms with Gasteiger partial charge in [0.05, 0.1) is 98.2 Å². The number of ether oxygens (including phenoxy) is 6. The fourth-order valence-corrected chi connectivity index (χ4v) is 10.8. The van der Waals surface area contributed by atoms with Gasteiger partial charge in [-0.25, -0.2) is 8.78 Å². The van der Waals surface area contributed by atoms with Crippen molar-refractivity contribution in [2.45, 2.75) is 50.0 Å². The van der Waals surface area contributed by atoms with Crippen molar-refractivity contribution in [3.05, 3.63) is 106 Å². The molecule has 6 unspecified atom stereocenters. The summed E-state index contributed by atoms with van der Waals surface area (Å²) >= 11 is 17.1. The molecule has 0 bridgehead atoms. The minimum Gasteiger partial charge on any atom is -1.00 e. The summed E-state index contributed by atoms with van der Waals surface area (Å²) in [5, 5.41) is 6.82. The zero-order chi connectivity index (χ0) is 49.4. The molecule has 4 aromatic rings. The number of likely N-dealkylation sites (tertiary alicyclic amines) is 2. The highest BCUT2D eigenvalue weighted by Gasteiger charge is 2.42. The van der Waals surface area contributed by atoms with E-state index in [1.54, 1.807) is 50.6 Å². The predicted molar refractivity (Wildman–Crippen MR) is 282 cm³/mol. The van der Waals surface area contributed by atoms with Crippen LogP contribution in [-0.2, 0) is 9.47 Å². The van der Waals surface area contributed by atoms with Gasteiger partial charge in [-0.05, 0) is 106 Å². The second-order valence-electron chi connectivity index (χ2n) is 16.9. The number of anilines is 2. The maximum Gasteiger partial charge on any atom is 0.255 e. The number of hydrogen-bond acceptors (Lipinski definition) is 10. The topological polar surface area (TPSA) is 197 Å². The van der Waals surface area contributed by atoms with E-state index in [0.717, 1.165) is 83.0 Å². The van der Waals surface area contributed by atoms with E-state index < -0.39 is 0 Å². The molecule has 0 spiro atoms. The lowest BCUT2D eigenvalue weighted by Gasteiger charge is -2.46. The van der Waals surface area contributed by atoms with Crippen LogP contribution in [0.1, 0.15) is 46.4 Å². The Kier molecular flexibility index (Phi) is 28.9. The monoisotopic (exact) mass is 1480 g/mol. The number of nitrogens with two attached hydrogens (primary N) is 2. The number of halogens is 8. The molecule has 396 valence electrons. The summed E-state index contributed by atoms with van der Waals surface area (Å²) in [7, 11) is 6.33. The molecule has 0 radical (unpaired) electrons. The van der Waals surface area contributed by atoms with Crippen LogP contribution in [0.2, 0.25) is 10.0 Å². The minimum absolute atomic E-state index is 0. The van der Waals surface area contributed by atoms with Gasteiger partial charge in [-0.1, -0.05) is 23.2 Å². The lowest BCUT2D eigenvalue weighted by molar-refractivity contribution is -0.921. The molecule has 23 heteroatoms. The van der Waals surface area contributed by atoms with E-state index in [9.17, 15) is 18.4 Å². The normalized spacial score (nSPS) is 21.3. The van der Waals surface area contributed by atoms with Crippen LogP contribution < -0.4 is 89.0 Å². The maximum atomic E-state index is 13.0. The number of rotatable bonds is 20. The number of piperidine rings is 2. The van der Waals surface area contributed by atoms with Gasteiger partial charge in [-0.15, -0.1) is 0 Å². The lowest BCUT2D eigenvalue weighted by Crippen LogP contribution is -3.00. The van der Waals surface area contributed by atoms with Crippen molar-refractivity contribution in [2.75, 3.05) is 101 Å². The van der Waals surface area contributed by atoms with E-state index in [1.807, 2.05) is 0 Å². The third kappa shape index (κ3) is 18.5. The van der Waals surface area contributed by atoms with Crippen molar-refractivity contribution < 1.29 is 109 Å². The van der Waals surface area contributed by atoms with Crippen LogP contribution in [-0.4, -0.2) is 141 Å². The summed E-state index contributed by atoms with van der Waals surface area (Å²) < 4.78 is 63.5. The molecule has 8 N–H and O–H groups in total. The Labute approximate surface area is 486 Å². The van der Waals surface area contributed by atoms with Gasteiger partial charge in [0.1, 0.15) is 69.0 Å². The van der Waals surface area contributed by atoms with Gasteiger partial charge in [0.25, 0.3) is 11.8 Å². The van der Waals surface area contributed by atoms with E-state index in [1.165, 1.54) is 50.6 Å². The average Bonchev–Trinajstić information content (AvgIpc) is 3.35. The summed E-state index contributed by atoms with van der Waals surface area (Å²) in [5.41, 5.74) is 13.1. The van der Waals surface area contributed by atoms with Gasteiger partial charge in [0.15, 0.2) is 0 Å². The standard InChI is InChI=1S/2C24H30ClFIN3O4.2HI.H2O/c2*1-32-22-13-20(28)19(25)12-18(22)24(31)29-21-8-10-30(15-27,14-23(21)33-2)9-3-11-34-17-6-4-16(26)5-7-17;;;/h2*4-7,12-13,21,23H,3,8-11,14-15H2,1-2H3,(H2-,28,29,31);2*1H;1H2. The lowest BCUT2D eigenvalue weighted by atomic mass is 9.98. The van der Waals surface area contributed by atoms with Gasteiger partial charge in [-0.3, -0.25) is 9.59 Å². The summed E-state index contributed by atoms with van der Waals surface area (Å²) in [6, 6.07) is 18.0. The van der Waals surface area contributed by atoms with E-state index in [-0.39, 0.29) is 101 Å². The van der Waals surface area contributed by atoms with Crippen LogP contribution in [0.15, 0.2) is 72.8 Å². The summed E-state index contributed by atoms with van der Waals surface area (Å²) in [6.07, 6.45) is 2.99. The van der Waals surface area contributed by atoms with Crippen molar-refractivity contribution >= 4 is 91.6 Å². The molecule has 2 amide bonds. The quantitative estimate of drug-likeness (QED) is 0.0253. The molecule has 2 heterocycles. The third-order valence-electron chi connectivity index (χ3n) is 12.5. The van der Waals surface area contributed by atoms with Gasteiger partial charge >= 0.3 is 0 Å². The van der Waals surface area contributed by atoms with E-state index in [4.69, 9.17) is 63.1 Å². The second-order valence-corrected chi connectivity index (χ2v) is 19.1. The number of hydrogen-bond donors (Lipinski definition) is 4. The van der Waals surface area contributed by atoms with Crippen molar-refractivity contribution in [3.63, 3.8) is 0 Å². The number of quaternary nitrogens is 2. The highest BCUT2D eigenvalue weighted by Crippen LogP contribution is 2.32. The Hall–Kier alpha value is -2.22. The van der Waals surface area contributed by atoms with Crippen molar-refractivity contribution in [2.24, 2.45) is 0 Å². The van der Waals surface area contributed by atoms with Crippen LogP contribution in [0.3, 0.4) is 0 Å². The van der Waals surface area contributed by atoms with Gasteiger partial charge in [0.2, 0.25) is 0 Å². The number of carbonyl (C=O) groups excluding carboxylic acids is 2. The Balaban J connectivity index is 0.000000467. The molecule has 2 fully saturated rings. The average molecular weight is 1490 g/mol. The van der Waals surface area contributed by atoms with E-state index in [0.29, 0.717) is 68.8 Å². The van der Waals surface area contributed by atoms with Crippen molar-refractivity contribution in [1.82, 2.24) is 10.6 Å². The number of nitrogens with one attached hydrogen (secondary N) is 2. The Bertz CT molecular complexity index is 2130. The highest BCUT2D eigenvalue weighted by molar-refractivity contribution is 14.1. The first kappa shape index (κ1) is 64.9. The summed E-state index contributed by atoms with van der Waals surface area (Å²) in [6.45, 7) is 6.32. The van der Waals surface area contributed by atoms with Gasteiger partial charge < -0.3 is 113 Å². The van der Waals surface area contributed by atoms with Crippen LogP contribution >= 0.6 is 68.4 Å². The van der Waals surface area contributed by atoms with Crippen LogP contribution in [0, 0.1) is 11.6 Å². The van der Waals surface area contributed by atoms with Gasteiger partial charge in [-0.2, -0.15) is 0 Å². The molecule has 4 aromatic carbocycles. The molecule has 2 aliphatic rings. The fraction of sp³-hybridized carbons (Fsp3) is 0.458. The Morgan fingerprint density at radius 3 is 1.31 bits per heavy atom. The molecule has 2 saturated heterocycles. The molecule has 6 atom stereocenters. The van der Waals surface area contributed by atoms with E-state index in [2.05, 4.69) is 55.8 Å². The fourth-order valence-electron chi connectivity index (χ4n) is 8.51. The molecular weight excluding hydrogens is 1420 g/mol. The number of methoxy groups -OCH3 is 4. The minimum atomic E-state index is -0.278. The largest absolute Gasteiger partial charge is 1.00 e. The molecule has 0 aromatic heterocycles. The molecule has 6 rings (SSSR count). The Morgan fingerprint density at radius 1 is 0.648 bits per heavy atom. The van der Waals surface area contributed by atoms with Crippen LogP contribution in [0.5, 0.6) is 23.0 Å². The van der Waals surface area contributed by atoms with E-state index >= 15 is 0 Å². The first-order valence-corrected chi connectivity index (χ1v) is 25.9. The number of alkyl halides is 2. The first-order valence-electron chi connectivity index (χ1n) is 22.1. The Morgan fingerprint density at radius 2 is 1.00 bits per heavy atom. The molecule has 2 aliphatic heterocycles.